The van der Waals surface area contributed by atoms with Crippen molar-refractivity contribution in [3.8, 4) is 11.1 Å². The summed E-state index contributed by atoms with van der Waals surface area (Å²) in [4.78, 5) is 0. The molecule has 0 fully saturated rings. The topological polar surface area (TPSA) is 26.3 Å². The van der Waals surface area contributed by atoms with Crippen LogP contribution in [0.5, 0.6) is 0 Å². The second kappa shape index (κ2) is 4.99. The number of fused-ring (bicyclic) bond motifs is 6. The van der Waals surface area contributed by atoms with E-state index in [-0.39, 0.29) is 0 Å². The largest absolute Gasteiger partial charge is 0.464 e. The summed E-state index contributed by atoms with van der Waals surface area (Å²) < 4.78 is 11.1. The molecule has 2 heterocycles. The van der Waals surface area contributed by atoms with Gasteiger partial charge in [-0.1, -0.05) is 48.5 Å². The van der Waals surface area contributed by atoms with Gasteiger partial charge >= 0.3 is 0 Å². The van der Waals surface area contributed by atoms with Crippen molar-refractivity contribution in [1.82, 2.24) is 0 Å². The van der Waals surface area contributed by atoms with Crippen molar-refractivity contribution in [3.63, 3.8) is 0 Å². The molecule has 0 spiro atoms. The Morgan fingerprint density at radius 1 is 0.385 bits per heavy atom. The Hall–Kier alpha value is -3.52. The van der Waals surface area contributed by atoms with E-state index in [0.717, 1.165) is 21.9 Å². The molecule has 0 radical (unpaired) electrons. The van der Waals surface area contributed by atoms with Gasteiger partial charge in [0.15, 0.2) is 0 Å². The van der Waals surface area contributed by atoms with Crippen LogP contribution in [0.15, 0.2) is 94.2 Å². The van der Waals surface area contributed by atoms with Crippen LogP contribution in [0.25, 0.3) is 54.6 Å². The lowest BCUT2D eigenvalue weighted by molar-refractivity contribution is 0.616. The molecule has 4 aromatic carbocycles. The summed E-state index contributed by atoms with van der Waals surface area (Å²) in [6.07, 6.45) is 3.51. The zero-order chi connectivity index (χ0) is 17.1. The highest BCUT2D eigenvalue weighted by molar-refractivity contribution is 6.16. The van der Waals surface area contributed by atoms with Crippen molar-refractivity contribution in [2.75, 3.05) is 0 Å². The zero-order valence-electron chi connectivity index (χ0n) is 13.9. The van der Waals surface area contributed by atoms with Gasteiger partial charge in [-0.2, -0.15) is 0 Å². The fourth-order valence-electron chi connectivity index (χ4n) is 4.09. The molecule has 0 saturated carbocycles. The Labute approximate surface area is 149 Å². The lowest BCUT2D eigenvalue weighted by atomic mass is 9.92. The third kappa shape index (κ3) is 1.76. The quantitative estimate of drug-likeness (QED) is 0.319. The maximum absolute atomic E-state index is 5.57. The summed E-state index contributed by atoms with van der Waals surface area (Å²) in [6.45, 7) is 0. The van der Waals surface area contributed by atoms with Crippen molar-refractivity contribution in [2.45, 2.75) is 0 Å². The highest BCUT2D eigenvalue weighted by Gasteiger charge is 2.12. The zero-order valence-corrected chi connectivity index (χ0v) is 13.9. The van der Waals surface area contributed by atoms with Crippen LogP contribution in [0.3, 0.4) is 0 Å². The van der Waals surface area contributed by atoms with Crippen molar-refractivity contribution >= 4 is 43.5 Å². The van der Waals surface area contributed by atoms with Crippen molar-refractivity contribution < 1.29 is 8.83 Å². The molecule has 6 rings (SSSR count). The van der Waals surface area contributed by atoms with E-state index in [4.69, 9.17) is 8.83 Å². The molecule has 6 aromatic rings. The molecule has 26 heavy (non-hydrogen) atoms. The van der Waals surface area contributed by atoms with Gasteiger partial charge in [-0.15, -0.1) is 0 Å². The third-order valence-electron chi connectivity index (χ3n) is 5.28. The van der Waals surface area contributed by atoms with Crippen LogP contribution in [0.1, 0.15) is 0 Å². The summed E-state index contributed by atoms with van der Waals surface area (Å²) in [5, 5.41) is 7.22. The fourth-order valence-corrected chi connectivity index (χ4v) is 4.09. The van der Waals surface area contributed by atoms with Crippen LogP contribution in [0.4, 0.5) is 0 Å². The normalized spacial score (nSPS) is 11.8. The molecule has 0 aliphatic rings. The number of hydrogen-bond donors (Lipinski definition) is 0. The molecule has 2 aromatic heterocycles. The Bertz CT molecular complexity index is 1320. The van der Waals surface area contributed by atoms with Gasteiger partial charge in [0.05, 0.1) is 12.5 Å². The predicted octanol–water partition coefficient (Wildman–Crippen LogP) is 7.15. The van der Waals surface area contributed by atoms with Crippen LogP contribution in [0.2, 0.25) is 0 Å². The Morgan fingerprint density at radius 3 is 1.38 bits per heavy atom. The van der Waals surface area contributed by atoms with Crippen molar-refractivity contribution in [1.29, 1.82) is 0 Å². The van der Waals surface area contributed by atoms with Crippen molar-refractivity contribution in [2.24, 2.45) is 0 Å². The van der Waals surface area contributed by atoms with Crippen LogP contribution >= 0.6 is 0 Å². The molecule has 0 amide bonds. The summed E-state index contributed by atoms with van der Waals surface area (Å²) >= 11 is 0. The maximum atomic E-state index is 5.57. The first kappa shape index (κ1) is 13.7. The standard InChI is InChI=1S/C24H14O2/c1-3-15(19-7-9-23-21(11-13-25-23)17(19)5-1)16-4-2-6-18-20(16)8-10-24-22(18)12-14-26-24/h1-14H. The van der Waals surface area contributed by atoms with Gasteiger partial charge in [-0.3, -0.25) is 0 Å². The second-order valence-electron chi connectivity index (χ2n) is 6.60. The van der Waals surface area contributed by atoms with E-state index in [1.807, 2.05) is 12.1 Å². The predicted molar refractivity (Wildman–Crippen MR) is 106 cm³/mol. The molecular formula is C24H14O2. The smallest absolute Gasteiger partial charge is 0.134 e. The molecule has 2 nitrogen and oxygen atoms in total. The molecule has 0 atom stereocenters. The molecule has 122 valence electrons. The first-order chi connectivity index (χ1) is 12.9. The summed E-state index contributed by atoms with van der Waals surface area (Å²) in [7, 11) is 0. The number of benzene rings is 4. The van der Waals surface area contributed by atoms with E-state index in [0.29, 0.717) is 0 Å². The summed E-state index contributed by atoms with van der Waals surface area (Å²) in [5.41, 5.74) is 4.32. The van der Waals surface area contributed by atoms with E-state index in [1.165, 1.54) is 32.7 Å². The lowest BCUT2D eigenvalue weighted by Crippen LogP contribution is -1.85. The highest BCUT2D eigenvalue weighted by atomic mass is 16.3. The van der Waals surface area contributed by atoms with Gasteiger partial charge in [0.2, 0.25) is 0 Å². The second-order valence-corrected chi connectivity index (χ2v) is 6.60. The lowest BCUT2D eigenvalue weighted by Gasteiger charge is -2.11. The monoisotopic (exact) mass is 334 g/mol. The molecule has 0 N–H and O–H groups in total. The third-order valence-corrected chi connectivity index (χ3v) is 5.28. The number of furan rings is 2. The summed E-state index contributed by atoms with van der Waals surface area (Å²) in [5.74, 6) is 0. The van der Waals surface area contributed by atoms with Crippen LogP contribution < -0.4 is 0 Å². The number of hydrogen-bond acceptors (Lipinski definition) is 2. The first-order valence-corrected chi connectivity index (χ1v) is 8.68. The number of rotatable bonds is 1. The minimum atomic E-state index is 0.924. The van der Waals surface area contributed by atoms with Crippen LogP contribution in [-0.2, 0) is 0 Å². The summed E-state index contributed by atoms with van der Waals surface area (Å²) in [6, 6.07) is 25.5. The maximum Gasteiger partial charge on any atom is 0.134 e. The average Bonchev–Trinajstić information content (AvgIpc) is 3.36. The Morgan fingerprint density at radius 2 is 0.885 bits per heavy atom. The highest BCUT2D eigenvalue weighted by Crippen LogP contribution is 2.38. The molecule has 0 saturated heterocycles. The molecule has 0 aliphatic heterocycles. The van der Waals surface area contributed by atoms with Gasteiger partial charge in [-0.05, 0) is 56.9 Å². The van der Waals surface area contributed by atoms with Gasteiger partial charge < -0.3 is 8.83 Å². The average molecular weight is 334 g/mol. The molecular weight excluding hydrogens is 320 g/mol. The van der Waals surface area contributed by atoms with Gasteiger partial charge in [0.25, 0.3) is 0 Å². The van der Waals surface area contributed by atoms with E-state index < -0.39 is 0 Å². The van der Waals surface area contributed by atoms with Gasteiger partial charge in [0, 0.05) is 10.8 Å². The Kier molecular flexibility index (Phi) is 2.64. The van der Waals surface area contributed by atoms with E-state index in [1.54, 1.807) is 12.5 Å². The van der Waals surface area contributed by atoms with Gasteiger partial charge in [0.1, 0.15) is 11.2 Å². The minimum Gasteiger partial charge on any atom is -0.464 e. The minimum absolute atomic E-state index is 0.924. The first-order valence-electron chi connectivity index (χ1n) is 8.68. The van der Waals surface area contributed by atoms with Crippen LogP contribution in [0, 0.1) is 0 Å². The van der Waals surface area contributed by atoms with Gasteiger partial charge in [-0.25, -0.2) is 0 Å². The van der Waals surface area contributed by atoms with Crippen molar-refractivity contribution in [3.05, 3.63) is 85.3 Å². The SMILES string of the molecule is c1cc(-c2cccc3c2ccc2occc23)c2ccc3occc3c2c1. The van der Waals surface area contributed by atoms with E-state index in [2.05, 4.69) is 60.7 Å². The van der Waals surface area contributed by atoms with Crippen LogP contribution in [-0.4, -0.2) is 0 Å². The Balaban J connectivity index is 1.75. The molecule has 2 heteroatoms. The van der Waals surface area contributed by atoms with E-state index in [9.17, 15) is 0 Å². The fraction of sp³-hybridized carbons (Fsp3) is 0. The molecule has 0 aliphatic carbocycles. The molecule has 0 unspecified atom stereocenters. The molecule has 0 bridgehead atoms. The van der Waals surface area contributed by atoms with E-state index >= 15 is 0 Å².